The van der Waals surface area contributed by atoms with Crippen molar-refractivity contribution in [1.29, 1.82) is 0 Å². The molecule has 1 atom stereocenters. The maximum Gasteiger partial charge on any atom is 0.236 e. The number of thiazole rings is 1. The van der Waals surface area contributed by atoms with Gasteiger partial charge < -0.3 is 0 Å². The van der Waals surface area contributed by atoms with Crippen molar-refractivity contribution in [2.45, 2.75) is 40.2 Å². The molecule has 3 rings (SSSR count). The van der Waals surface area contributed by atoms with Crippen molar-refractivity contribution in [2.24, 2.45) is 18.4 Å². The highest BCUT2D eigenvalue weighted by molar-refractivity contribution is 7.13. The molecule has 1 fully saturated rings. The molecule has 0 aromatic carbocycles. The zero-order valence-corrected chi connectivity index (χ0v) is 15.3. The van der Waals surface area contributed by atoms with Crippen LogP contribution in [0.1, 0.15) is 39.3 Å². The van der Waals surface area contributed by atoms with Gasteiger partial charge in [-0.25, -0.2) is 4.98 Å². The van der Waals surface area contributed by atoms with Crippen LogP contribution in [-0.4, -0.2) is 31.5 Å². The van der Waals surface area contributed by atoms with Crippen molar-refractivity contribution < 1.29 is 9.59 Å². The largest absolute Gasteiger partial charge is 0.276 e. The molecule has 3 heterocycles. The number of nitrogens with zero attached hydrogens (tertiary/aromatic N) is 4. The molecule has 0 aliphatic carbocycles. The SMILES string of the molecule is CC(C)C[C@]1(C)CC(=O)N(Cc2csc(-c3cnn(C)c3)n2)C1=O. The molecule has 7 heteroatoms. The molecule has 2 aromatic rings. The first-order valence-electron chi connectivity index (χ1n) is 8.07. The van der Waals surface area contributed by atoms with Gasteiger partial charge >= 0.3 is 0 Å². The van der Waals surface area contributed by atoms with Gasteiger partial charge in [-0.1, -0.05) is 20.8 Å². The molecular weight excluding hydrogens is 324 g/mol. The second-order valence-electron chi connectivity index (χ2n) is 7.17. The number of hydrogen-bond acceptors (Lipinski definition) is 5. The summed E-state index contributed by atoms with van der Waals surface area (Å²) in [5.74, 6) is 0.208. The number of likely N-dealkylation sites (tertiary alicyclic amines) is 1. The third-order valence-corrected chi connectivity index (χ3v) is 5.23. The molecule has 24 heavy (non-hydrogen) atoms. The molecule has 0 spiro atoms. The molecule has 0 radical (unpaired) electrons. The standard InChI is InChI=1S/C17H22N4O2S/c1-11(2)5-17(3)6-14(22)21(16(17)23)9-13-10-24-15(19-13)12-7-18-20(4)8-12/h7-8,10-11H,5-6,9H2,1-4H3/t17-/m1/s1. The molecule has 1 aliphatic heterocycles. The lowest BCUT2D eigenvalue weighted by molar-refractivity contribution is -0.142. The number of aromatic nitrogens is 3. The van der Waals surface area contributed by atoms with Crippen LogP contribution in [0.3, 0.4) is 0 Å². The van der Waals surface area contributed by atoms with E-state index in [0.717, 1.165) is 22.7 Å². The summed E-state index contributed by atoms with van der Waals surface area (Å²) in [5, 5.41) is 6.89. The summed E-state index contributed by atoms with van der Waals surface area (Å²) in [4.78, 5) is 31.0. The monoisotopic (exact) mass is 346 g/mol. The number of amides is 2. The highest BCUT2D eigenvalue weighted by Gasteiger charge is 2.48. The number of aryl methyl sites for hydroxylation is 1. The number of carbonyl (C=O) groups is 2. The maximum absolute atomic E-state index is 12.7. The number of carbonyl (C=O) groups excluding carboxylic acids is 2. The Balaban J connectivity index is 1.76. The van der Waals surface area contributed by atoms with Crippen molar-refractivity contribution in [2.75, 3.05) is 0 Å². The predicted octanol–water partition coefficient (Wildman–Crippen LogP) is 2.85. The molecule has 128 valence electrons. The Bertz CT molecular complexity index is 779. The Morgan fingerprint density at radius 2 is 2.12 bits per heavy atom. The molecule has 0 saturated carbocycles. The van der Waals surface area contributed by atoms with Crippen LogP contribution in [0, 0.1) is 11.3 Å². The lowest BCUT2D eigenvalue weighted by Crippen LogP contribution is -2.34. The quantitative estimate of drug-likeness (QED) is 0.781. The molecule has 0 unspecified atom stereocenters. The fraction of sp³-hybridized carbons (Fsp3) is 0.529. The molecule has 6 nitrogen and oxygen atoms in total. The average Bonchev–Trinajstić information content (AvgIpc) is 3.15. The molecule has 2 aromatic heterocycles. The Labute approximate surface area is 145 Å². The first-order valence-corrected chi connectivity index (χ1v) is 8.95. The van der Waals surface area contributed by atoms with E-state index in [2.05, 4.69) is 23.9 Å². The van der Waals surface area contributed by atoms with Crippen molar-refractivity contribution in [3.05, 3.63) is 23.5 Å². The third-order valence-electron chi connectivity index (χ3n) is 4.29. The van der Waals surface area contributed by atoms with Gasteiger partial charge in [-0.15, -0.1) is 11.3 Å². The van der Waals surface area contributed by atoms with Crippen molar-refractivity contribution in [3.8, 4) is 10.6 Å². The fourth-order valence-corrected chi connectivity index (χ4v) is 4.16. The lowest BCUT2D eigenvalue weighted by Gasteiger charge is -2.23. The van der Waals surface area contributed by atoms with E-state index in [4.69, 9.17) is 0 Å². The van der Waals surface area contributed by atoms with Crippen molar-refractivity contribution in [1.82, 2.24) is 19.7 Å². The van der Waals surface area contributed by atoms with E-state index in [-0.39, 0.29) is 18.4 Å². The zero-order valence-electron chi connectivity index (χ0n) is 14.4. The van der Waals surface area contributed by atoms with E-state index in [1.807, 2.05) is 25.5 Å². The van der Waals surface area contributed by atoms with Crippen LogP contribution in [0.15, 0.2) is 17.8 Å². The van der Waals surface area contributed by atoms with E-state index < -0.39 is 5.41 Å². The van der Waals surface area contributed by atoms with E-state index in [1.54, 1.807) is 10.9 Å². The summed E-state index contributed by atoms with van der Waals surface area (Å²) < 4.78 is 1.72. The minimum Gasteiger partial charge on any atom is -0.276 e. The van der Waals surface area contributed by atoms with Gasteiger partial charge in [-0.05, 0) is 12.3 Å². The van der Waals surface area contributed by atoms with Gasteiger partial charge in [0.15, 0.2) is 0 Å². The van der Waals surface area contributed by atoms with Crippen LogP contribution in [0.4, 0.5) is 0 Å². The molecule has 0 N–H and O–H groups in total. The first kappa shape index (κ1) is 16.8. The van der Waals surface area contributed by atoms with Crippen molar-refractivity contribution >= 4 is 23.2 Å². The lowest BCUT2D eigenvalue weighted by atomic mass is 9.80. The van der Waals surface area contributed by atoms with E-state index in [0.29, 0.717) is 12.3 Å². The highest BCUT2D eigenvalue weighted by atomic mass is 32.1. The Morgan fingerprint density at radius 3 is 2.75 bits per heavy atom. The number of rotatable bonds is 5. The summed E-state index contributed by atoms with van der Waals surface area (Å²) >= 11 is 1.50. The smallest absolute Gasteiger partial charge is 0.236 e. The topological polar surface area (TPSA) is 68.1 Å². The van der Waals surface area contributed by atoms with E-state index in [9.17, 15) is 9.59 Å². The van der Waals surface area contributed by atoms with Crippen LogP contribution in [0.2, 0.25) is 0 Å². The summed E-state index contributed by atoms with van der Waals surface area (Å²) in [5.41, 5.74) is 1.11. The Morgan fingerprint density at radius 1 is 1.38 bits per heavy atom. The Hall–Kier alpha value is -2.02. The molecule has 1 saturated heterocycles. The van der Waals surface area contributed by atoms with Gasteiger partial charge in [-0.3, -0.25) is 19.2 Å². The number of imide groups is 1. The third kappa shape index (κ3) is 3.13. The molecule has 0 bridgehead atoms. The molecule has 1 aliphatic rings. The van der Waals surface area contributed by atoms with Gasteiger partial charge in [0.25, 0.3) is 0 Å². The second kappa shape index (κ2) is 6.12. The fourth-order valence-electron chi connectivity index (χ4n) is 3.37. The van der Waals surface area contributed by atoms with Gasteiger partial charge in [0, 0.05) is 30.6 Å². The minimum atomic E-state index is -0.576. The summed E-state index contributed by atoms with van der Waals surface area (Å²) in [6, 6.07) is 0. The van der Waals surface area contributed by atoms with Crippen LogP contribution in [0.5, 0.6) is 0 Å². The molecular formula is C17H22N4O2S. The van der Waals surface area contributed by atoms with Gasteiger partial charge in [0.1, 0.15) is 5.01 Å². The number of hydrogen-bond donors (Lipinski definition) is 0. The van der Waals surface area contributed by atoms with Crippen LogP contribution >= 0.6 is 11.3 Å². The summed E-state index contributed by atoms with van der Waals surface area (Å²) in [6.45, 7) is 6.30. The summed E-state index contributed by atoms with van der Waals surface area (Å²) in [6.07, 6.45) is 4.68. The maximum atomic E-state index is 12.7. The Kier molecular flexibility index (Phi) is 4.29. The first-order chi connectivity index (χ1) is 11.3. The average molecular weight is 346 g/mol. The van der Waals surface area contributed by atoms with Crippen LogP contribution in [0.25, 0.3) is 10.6 Å². The normalized spacial score (nSPS) is 21.3. The summed E-state index contributed by atoms with van der Waals surface area (Å²) in [7, 11) is 1.86. The van der Waals surface area contributed by atoms with Crippen molar-refractivity contribution in [3.63, 3.8) is 0 Å². The second-order valence-corrected chi connectivity index (χ2v) is 8.03. The van der Waals surface area contributed by atoms with Gasteiger partial charge in [-0.2, -0.15) is 5.10 Å². The van der Waals surface area contributed by atoms with Gasteiger partial charge in [0.2, 0.25) is 11.8 Å². The van der Waals surface area contributed by atoms with Gasteiger partial charge in [0.05, 0.1) is 23.9 Å². The predicted molar refractivity (Wildman–Crippen MR) is 92.1 cm³/mol. The van der Waals surface area contributed by atoms with E-state index >= 15 is 0 Å². The highest BCUT2D eigenvalue weighted by Crippen LogP contribution is 2.39. The van der Waals surface area contributed by atoms with E-state index in [1.165, 1.54) is 16.2 Å². The zero-order chi connectivity index (χ0) is 17.5. The minimum absolute atomic E-state index is 0.0721. The van der Waals surface area contributed by atoms with Crippen LogP contribution in [-0.2, 0) is 23.2 Å². The van der Waals surface area contributed by atoms with Crippen LogP contribution < -0.4 is 0 Å². The molecule has 2 amide bonds.